The van der Waals surface area contributed by atoms with Gasteiger partial charge in [0.25, 0.3) is 5.91 Å². The standard InChI is InChI=1S/C10H10N6O4/c1-5(2)9(18)20-4-16-10(19)15-3-12-6(7(11)17)8(15)13-14-16/h3H,1,4H2,2H3,(H2,11,17). The van der Waals surface area contributed by atoms with Crippen molar-refractivity contribution in [1.29, 1.82) is 0 Å². The van der Waals surface area contributed by atoms with Crippen molar-refractivity contribution in [3.63, 3.8) is 0 Å². The Morgan fingerprint density at radius 3 is 2.80 bits per heavy atom. The number of carbonyl (C=O) groups is 2. The van der Waals surface area contributed by atoms with E-state index in [4.69, 9.17) is 10.5 Å². The number of nitrogens with zero attached hydrogens (tertiary/aromatic N) is 5. The Labute approximate surface area is 111 Å². The summed E-state index contributed by atoms with van der Waals surface area (Å²) in [6.07, 6.45) is 1.09. The van der Waals surface area contributed by atoms with Gasteiger partial charge in [-0.15, -0.1) is 5.10 Å². The Morgan fingerprint density at radius 1 is 1.50 bits per heavy atom. The molecule has 2 heterocycles. The van der Waals surface area contributed by atoms with Gasteiger partial charge in [-0.05, 0) is 6.92 Å². The number of aromatic nitrogens is 5. The SMILES string of the molecule is C=C(C)C(=O)OCn1nnc2c(C(N)=O)ncn2c1=O. The molecule has 0 saturated carbocycles. The van der Waals surface area contributed by atoms with Gasteiger partial charge >= 0.3 is 11.7 Å². The summed E-state index contributed by atoms with van der Waals surface area (Å²) in [5.74, 6) is -1.49. The molecule has 2 N–H and O–H groups in total. The number of ether oxygens (including phenoxy) is 1. The second kappa shape index (κ2) is 4.91. The number of rotatable bonds is 4. The molecule has 0 aliphatic rings. The molecule has 0 aliphatic heterocycles. The predicted octanol–water partition coefficient (Wildman–Crippen LogP) is -1.54. The van der Waals surface area contributed by atoms with Crippen LogP contribution in [-0.2, 0) is 16.3 Å². The van der Waals surface area contributed by atoms with Crippen LogP contribution in [0.3, 0.4) is 0 Å². The second-order valence-corrected chi connectivity index (χ2v) is 3.86. The molecular weight excluding hydrogens is 268 g/mol. The minimum Gasteiger partial charge on any atom is -0.439 e. The summed E-state index contributed by atoms with van der Waals surface area (Å²) in [6.45, 7) is 4.43. The van der Waals surface area contributed by atoms with Crippen molar-refractivity contribution in [3.8, 4) is 0 Å². The van der Waals surface area contributed by atoms with Crippen LogP contribution in [-0.4, -0.2) is 36.3 Å². The van der Waals surface area contributed by atoms with Crippen LogP contribution in [0.15, 0.2) is 23.3 Å². The lowest BCUT2D eigenvalue weighted by Gasteiger charge is -2.05. The minimum absolute atomic E-state index is 0.0648. The first-order chi connectivity index (χ1) is 9.41. The fraction of sp³-hybridized carbons (Fsp3) is 0.200. The molecule has 0 atom stereocenters. The smallest absolute Gasteiger partial charge is 0.356 e. The highest BCUT2D eigenvalue weighted by Gasteiger charge is 2.15. The van der Waals surface area contributed by atoms with Crippen LogP contribution in [0.1, 0.15) is 17.4 Å². The molecule has 0 spiro atoms. The third-order valence-electron chi connectivity index (χ3n) is 2.32. The maximum Gasteiger partial charge on any atom is 0.356 e. The van der Waals surface area contributed by atoms with Gasteiger partial charge in [0.1, 0.15) is 6.33 Å². The number of hydrogen-bond acceptors (Lipinski definition) is 7. The zero-order chi connectivity index (χ0) is 14.9. The van der Waals surface area contributed by atoms with E-state index >= 15 is 0 Å². The lowest BCUT2D eigenvalue weighted by atomic mass is 10.4. The van der Waals surface area contributed by atoms with Crippen molar-refractivity contribution in [1.82, 2.24) is 24.4 Å². The molecular formula is C10H10N6O4. The number of nitrogens with two attached hydrogens (primary N) is 1. The van der Waals surface area contributed by atoms with Gasteiger partial charge in [0.15, 0.2) is 18.1 Å². The highest BCUT2D eigenvalue weighted by Crippen LogP contribution is 2.01. The third kappa shape index (κ3) is 2.25. The molecule has 0 bridgehead atoms. The zero-order valence-corrected chi connectivity index (χ0v) is 10.4. The van der Waals surface area contributed by atoms with E-state index in [2.05, 4.69) is 21.9 Å². The molecule has 0 unspecified atom stereocenters. The quantitative estimate of drug-likeness (QED) is 0.529. The molecule has 20 heavy (non-hydrogen) atoms. The first-order valence-corrected chi connectivity index (χ1v) is 5.35. The van der Waals surface area contributed by atoms with Crippen molar-refractivity contribution in [2.24, 2.45) is 5.73 Å². The Balaban J connectivity index is 2.36. The number of esters is 1. The van der Waals surface area contributed by atoms with Crippen LogP contribution < -0.4 is 11.4 Å². The lowest BCUT2D eigenvalue weighted by molar-refractivity contribution is -0.143. The van der Waals surface area contributed by atoms with Gasteiger partial charge in [0.05, 0.1) is 0 Å². The molecule has 104 valence electrons. The van der Waals surface area contributed by atoms with Crippen molar-refractivity contribution >= 4 is 17.5 Å². The number of imidazole rings is 1. The minimum atomic E-state index is -0.826. The van der Waals surface area contributed by atoms with E-state index in [9.17, 15) is 14.4 Å². The van der Waals surface area contributed by atoms with Gasteiger partial charge < -0.3 is 10.5 Å². The number of primary amides is 1. The van der Waals surface area contributed by atoms with Crippen LogP contribution >= 0.6 is 0 Å². The van der Waals surface area contributed by atoms with Gasteiger partial charge in [0.2, 0.25) is 0 Å². The number of fused-ring (bicyclic) bond motifs is 1. The Bertz CT molecular complexity index is 774. The van der Waals surface area contributed by atoms with Gasteiger partial charge in [-0.1, -0.05) is 11.8 Å². The molecule has 10 nitrogen and oxygen atoms in total. The Kier molecular flexibility index (Phi) is 3.29. The Morgan fingerprint density at radius 2 is 2.20 bits per heavy atom. The van der Waals surface area contributed by atoms with Crippen LogP contribution in [0.4, 0.5) is 0 Å². The molecule has 0 aliphatic carbocycles. The van der Waals surface area contributed by atoms with Gasteiger partial charge in [-0.25, -0.2) is 19.0 Å². The summed E-state index contributed by atoms with van der Waals surface area (Å²) < 4.78 is 6.54. The summed E-state index contributed by atoms with van der Waals surface area (Å²) in [5.41, 5.74) is 4.35. The average molecular weight is 278 g/mol. The summed E-state index contributed by atoms with van der Waals surface area (Å²) in [4.78, 5) is 37.9. The van der Waals surface area contributed by atoms with E-state index in [-0.39, 0.29) is 16.9 Å². The topological polar surface area (TPSA) is 134 Å². The molecule has 1 amide bonds. The highest BCUT2D eigenvalue weighted by molar-refractivity contribution is 5.96. The summed E-state index contributed by atoms with van der Waals surface area (Å²) in [7, 11) is 0. The number of carbonyl (C=O) groups excluding carboxylic acids is 2. The molecule has 0 saturated heterocycles. The van der Waals surface area contributed by atoms with E-state index in [1.54, 1.807) is 0 Å². The van der Waals surface area contributed by atoms with E-state index in [0.29, 0.717) is 0 Å². The Hall–Kier alpha value is -3.04. The van der Waals surface area contributed by atoms with Gasteiger partial charge in [-0.2, -0.15) is 4.68 Å². The highest BCUT2D eigenvalue weighted by atomic mass is 16.5. The van der Waals surface area contributed by atoms with Crippen LogP contribution in [0, 0.1) is 0 Å². The second-order valence-electron chi connectivity index (χ2n) is 3.86. The molecule has 10 heteroatoms. The van der Waals surface area contributed by atoms with Crippen molar-refractivity contribution < 1.29 is 14.3 Å². The molecule has 2 rings (SSSR count). The zero-order valence-electron chi connectivity index (χ0n) is 10.4. The summed E-state index contributed by atoms with van der Waals surface area (Å²) in [6, 6.07) is 0. The van der Waals surface area contributed by atoms with Crippen LogP contribution in [0.5, 0.6) is 0 Å². The monoisotopic (exact) mass is 278 g/mol. The average Bonchev–Trinajstić information content (AvgIpc) is 2.82. The first kappa shape index (κ1) is 13.4. The molecule has 0 radical (unpaired) electrons. The molecule has 0 fully saturated rings. The van der Waals surface area contributed by atoms with Crippen molar-refractivity contribution in [3.05, 3.63) is 34.7 Å². The summed E-state index contributed by atoms with van der Waals surface area (Å²) in [5, 5.41) is 7.18. The largest absolute Gasteiger partial charge is 0.439 e. The van der Waals surface area contributed by atoms with Crippen LogP contribution in [0.25, 0.3) is 5.65 Å². The van der Waals surface area contributed by atoms with Gasteiger partial charge in [-0.3, -0.25) is 4.79 Å². The maximum atomic E-state index is 12.0. The van der Waals surface area contributed by atoms with Crippen LogP contribution in [0.2, 0.25) is 0 Å². The molecule has 0 aromatic carbocycles. The van der Waals surface area contributed by atoms with Crippen molar-refractivity contribution in [2.45, 2.75) is 13.7 Å². The van der Waals surface area contributed by atoms with E-state index in [1.807, 2.05) is 0 Å². The summed E-state index contributed by atoms with van der Waals surface area (Å²) >= 11 is 0. The predicted molar refractivity (Wildman–Crippen MR) is 64.5 cm³/mol. The van der Waals surface area contributed by atoms with E-state index in [1.165, 1.54) is 6.92 Å². The lowest BCUT2D eigenvalue weighted by Crippen LogP contribution is -2.31. The van der Waals surface area contributed by atoms with Gasteiger partial charge in [0, 0.05) is 5.57 Å². The van der Waals surface area contributed by atoms with E-state index in [0.717, 1.165) is 15.4 Å². The fourth-order valence-corrected chi connectivity index (χ4v) is 1.33. The molecule has 2 aromatic heterocycles. The molecule has 2 aromatic rings. The number of hydrogen-bond donors (Lipinski definition) is 1. The fourth-order valence-electron chi connectivity index (χ4n) is 1.33. The third-order valence-corrected chi connectivity index (χ3v) is 2.32. The van der Waals surface area contributed by atoms with E-state index < -0.39 is 24.3 Å². The first-order valence-electron chi connectivity index (χ1n) is 5.35. The number of amides is 1. The van der Waals surface area contributed by atoms with Crippen molar-refractivity contribution in [2.75, 3.05) is 0 Å². The normalized spacial score (nSPS) is 10.4. The maximum absolute atomic E-state index is 12.0.